The van der Waals surface area contributed by atoms with Crippen molar-refractivity contribution in [2.24, 2.45) is 0 Å². The Bertz CT molecular complexity index is 725. The standard InChI is InChI=1S/C19H30N2O4S/c1-5-21(16-9-7-6-8-10-16)19(22)15-11-12-17(25-4)18(13-15)26(23,24)20-14(2)3/h11-14,16,20H,5-10H2,1-4H3. The largest absolute Gasteiger partial charge is 0.495 e. The third-order valence-electron chi connectivity index (χ3n) is 4.71. The molecule has 0 aliphatic heterocycles. The summed E-state index contributed by atoms with van der Waals surface area (Å²) in [5, 5.41) is 0. The highest BCUT2D eigenvalue weighted by atomic mass is 32.2. The van der Waals surface area contributed by atoms with Crippen molar-refractivity contribution in [1.82, 2.24) is 9.62 Å². The Hall–Kier alpha value is -1.60. The second kappa shape index (κ2) is 8.86. The summed E-state index contributed by atoms with van der Waals surface area (Å²) in [6.45, 7) is 6.08. The van der Waals surface area contributed by atoms with Crippen LogP contribution in [0.15, 0.2) is 23.1 Å². The predicted octanol–water partition coefficient (Wildman–Crippen LogP) is 3.18. The van der Waals surface area contributed by atoms with Crippen LogP contribution in [0.5, 0.6) is 5.75 Å². The number of amides is 1. The van der Waals surface area contributed by atoms with E-state index in [0.717, 1.165) is 25.7 Å². The molecule has 1 fully saturated rings. The molecule has 1 aromatic carbocycles. The predicted molar refractivity (Wildman–Crippen MR) is 102 cm³/mol. The lowest BCUT2D eigenvalue weighted by Gasteiger charge is -2.33. The lowest BCUT2D eigenvalue weighted by atomic mass is 9.93. The lowest BCUT2D eigenvalue weighted by Crippen LogP contribution is -2.41. The molecule has 1 aromatic rings. The molecular weight excluding hydrogens is 352 g/mol. The fourth-order valence-electron chi connectivity index (χ4n) is 3.52. The molecule has 0 spiro atoms. The summed E-state index contributed by atoms with van der Waals surface area (Å²) in [5.74, 6) is 0.110. The van der Waals surface area contributed by atoms with Crippen molar-refractivity contribution in [1.29, 1.82) is 0 Å². The number of benzene rings is 1. The highest BCUT2D eigenvalue weighted by Gasteiger charge is 2.27. The van der Waals surface area contributed by atoms with Gasteiger partial charge in [0.15, 0.2) is 0 Å². The van der Waals surface area contributed by atoms with Crippen LogP contribution in [0.4, 0.5) is 0 Å². The van der Waals surface area contributed by atoms with Gasteiger partial charge in [-0.15, -0.1) is 0 Å². The topological polar surface area (TPSA) is 75.7 Å². The molecule has 0 aromatic heterocycles. The first-order chi connectivity index (χ1) is 12.3. The monoisotopic (exact) mass is 382 g/mol. The van der Waals surface area contributed by atoms with Crippen LogP contribution >= 0.6 is 0 Å². The van der Waals surface area contributed by atoms with E-state index in [1.807, 2.05) is 11.8 Å². The van der Waals surface area contributed by atoms with E-state index in [1.54, 1.807) is 26.0 Å². The molecular formula is C19H30N2O4S. The van der Waals surface area contributed by atoms with Crippen LogP contribution in [0.3, 0.4) is 0 Å². The molecule has 1 N–H and O–H groups in total. The molecule has 146 valence electrons. The molecule has 0 saturated heterocycles. The number of sulfonamides is 1. The molecule has 1 aliphatic carbocycles. The minimum absolute atomic E-state index is 0.000697. The fraction of sp³-hybridized carbons (Fsp3) is 0.632. The van der Waals surface area contributed by atoms with Crippen molar-refractivity contribution in [3.8, 4) is 5.75 Å². The summed E-state index contributed by atoms with van der Waals surface area (Å²) in [6, 6.07) is 4.60. The summed E-state index contributed by atoms with van der Waals surface area (Å²) >= 11 is 0. The summed E-state index contributed by atoms with van der Waals surface area (Å²) in [7, 11) is -2.34. The van der Waals surface area contributed by atoms with Gasteiger partial charge in [-0.2, -0.15) is 0 Å². The number of rotatable bonds is 7. The Balaban J connectivity index is 2.37. The van der Waals surface area contributed by atoms with Gasteiger partial charge in [0.25, 0.3) is 5.91 Å². The van der Waals surface area contributed by atoms with Gasteiger partial charge in [-0.05, 0) is 51.8 Å². The molecule has 1 aliphatic rings. The number of hydrogen-bond acceptors (Lipinski definition) is 4. The quantitative estimate of drug-likeness (QED) is 0.786. The Kier molecular flexibility index (Phi) is 7.06. The smallest absolute Gasteiger partial charge is 0.254 e. The van der Waals surface area contributed by atoms with Crippen LogP contribution in [-0.2, 0) is 10.0 Å². The van der Waals surface area contributed by atoms with E-state index in [4.69, 9.17) is 4.74 Å². The van der Waals surface area contributed by atoms with Crippen LogP contribution in [0, 0.1) is 0 Å². The first-order valence-corrected chi connectivity index (χ1v) is 10.8. The lowest BCUT2D eigenvalue weighted by molar-refractivity contribution is 0.0647. The number of ether oxygens (including phenoxy) is 1. The molecule has 2 rings (SSSR count). The number of nitrogens with one attached hydrogen (secondary N) is 1. The second-order valence-corrected chi connectivity index (χ2v) is 8.71. The summed E-state index contributed by atoms with van der Waals surface area (Å²) in [5.41, 5.74) is 0.377. The maximum absolute atomic E-state index is 13.0. The average Bonchev–Trinajstić information content (AvgIpc) is 2.61. The van der Waals surface area contributed by atoms with E-state index in [1.165, 1.54) is 19.6 Å². The highest BCUT2D eigenvalue weighted by Crippen LogP contribution is 2.28. The molecule has 0 radical (unpaired) electrons. The van der Waals surface area contributed by atoms with Crippen LogP contribution in [-0.4, -0.2) is 45.0 Å². The Morgan fingerprint density at radius 1 is 1.27 bits per heavy atom. The number of methoxy groups -OCH3 is 1. The zero-order chi connectivity index (χ0) is 19.3. The number of carbonyl (C=O) groups excluding carboxylic acids is 1. The zero-order valence-electron chi connectivity index (χ0n) is 16.1. The first-order valence-electron chi connectivity index (χ1n) is 9.31. The van der Waals surface area contributed by atoms with E-state index in [2.05, 4.69) is 4.72 Å². The molecule has 0 unspecified atom stereocenters. The molecule has 26 heavy (non-hydrogen) atoms. The van der Waals surface area contributed by atoms with E-state index in [-0.39, 0.29) is 28.6 Å². The molecule has 0 bridgehead atoms. The van der Waals surface area contributed by atoms with Crippen molar-refractivity contribution in [3.05, 3.63) is 23.8 Å². The zero-order valence-corrected chi connectivity index (χ0v) is 16.9. The number of carbonyl (C=O) groups is 1. The molecule has 1 amide bonds. The van der Waals surface area contributed by atoms with Crippen LogP contribution in [0.1, 0.15) is 63.2 Å². The third kappa shape index (κ3) is 4.76. The summed E-state index contributed by atoms with van der Waals surface area (Å²) < 4.78 is 33.0. The molecule has 6 nitrogen and oxygen atoms in total. The third-order valence-corrected chi connectivity index (χ3v) is 6.39. The molecule has 0 atom stereocenters. The fourth-order valence-corrected chi connectivity index (χ4v) is 4.97. The van der Waals surface area contributed by atoms with Gasteiger partial charge in [0, 0.05) is 24.2 Å². The normalized spacial score (nSPS) is 15.9. The Morgan fingerprint density at radius 2 is 1.92 bits per heavy atom. The SMILES string of the molecule is CCN(C(=O)c1ccc(OC)c(S(=O)(=O)NC(C)C)c1)C1CCCCC1. The number of nitrogens with zero attached hydrogens (tertiary/aromatic N) is 1. The first kappa shape index (κ1) is 20.7. The van der Waals surface area contributed by atoms with Crippen molar-refractivity contribution in [3.63, 3.8) is 0 Å². The van der Waals surface area contributed by atoms with Gasteiger partial charge >= 0.3 is 0 Å². The van der Waals surface area contributed by atoms with Gasteiger partial charge < -0.3 is 9.64 Å². The highest BCUT2D eigenvalue weighted by molar-refractivity contribution is 7.89. The number of hydrogen-bond donors (Lipinski definition) is 1. The van der Waals surface area contributed by atoms with Crippen molar-refractivity contribution < 1.29 is 17.9 Å². The minimum Gasteiger partial charge on any atom is -0.495 e. The van der Waals surface area contributed by atoms with Crippen molar-refractivity contribution in [2.45, 2.75) is 69.9 Å². The van der Waals surface area contributed by atoms with Crippen LogP contribution < -0.4 is 9.46 Å². The van der Waals surface area contributed by atoms with Crippen LogP contribution in [0.2, 0.25) is 0 Å². The Labute approximate surface area is 157 Å². The van der Waals surface area contributed by atoms with Gasteiger partial charge in [-0.25, -0.2) is 13.1 Å². The van der Waals surface area contributed by atoms with Crippen molar-refractivity contribution in [2.75, 3.05) is 13.7 Å². The molecule has 0 heterocycles. The summed E-state index contributed by atoms with van der Waals surface area (Å²) in [6.07, 6.45) is 5.50. The maximum atomic E-state index is 13.0. The Morgan fingerprint density at radius 3 is 2.46 bits per heavy atom. The van der Waals surface area contributed by atoms with Gasteiger partial charge in [-0.3, -0.25) is 4.79 Å². The average molecular weight is 383 g/mol. The molecule has 7 heteroatoms. The second-order valence-electron chi connectivity index (χ2n) is 7.02. The van der Waals surface area contributed by atoms with E-state index < -0.39 is 10.0 Å². The maximum Gasteiger partial charge on any atom is 0.254 e. The van der Waals surface area contributed by atoms with Crippen molar-refractivity contribution >= 4 is 15.9 Å². The van der Waals surface area contributed by atoms with Gasteiger partial charge in [0.1, 0.15) is 10.6 Å². The van der Waals surface area contributed by atoms with E-state index >= 15 is 0 Å². The summed E-state index contributed by atoms with van der Waals surface area (Å²) in [4.78, 5) is 14.9. The van der Waals surface area contributed by atoms with Gasteiger partial charge in [0.2, 0.25) is 10.0 Å². The molecule has 1 saturated carbocycles. The minimum atomic E-state index is -3.76. The van der Waals surface area contributed by atoms with E-state index in [0.29, 0.717) is 12.1 Å². The van der Waals surface area contributed by atoms with Gasteiger partial charge in [-0.1, -0.05) is 19.3 Å². The van der Waals surface area contributed by atoms with Crippen LogP contribution in [0.25, 0.3) is 0 Å². The van der Waals surface area contributed by atoms with E-state index in [9.17, 15) is 13.2 Å². The van der Waals surface area contributed by atoms with Gasteiger partial charge in [0.05, 0.1) is 7.11 Å².